The van der Waals surface area contributed by atoms with Crippen molar-refractivity contribution in [2.75, 3.05) is 12.9 Å². The second kappa shape index (κ2) is 5.14. The Bertz CT molecular complexity index is 176. The van der Waals surface area contributed by atoms with Gasteiger partial charge in [0.25, 0.3) is 0 Å². The summed E-state index contributed by atoms with van der Waals surface area (Å²) in [6.07, 6.45) is 1.60. The van der Waals surface area contributed by atoms with E-state index in [2.05, 4.69) is 0 Å². The number of thiocarbonyl (C=S) groups is 1. The molecule has 1 N–H and O–H groups in total. The Kier molecular flexibility index (Phi) is 4.45. The van der Waals surface area contributed by atoms with E-state index in [1.807, 2.05) is 13.2 Å². The summed E-state index contributed by atoms with van der Waals surface area (Å²) in [5.74, 6) is 0. The van der Waals surface area contributed by atoms with Gasteiger partial charge in [0.1, 0.15) is 0 Å². The molecule has 0 spiro atoms. The lowest BCUT2D eigenvalue weighted by Gasteiger charge is -2.33. The smallest absolute Gasteiger partial charge is 0.220 e. The summed E-state index contributed by atoms with van der Waals surface area (Å²) >= 11 is 6.28. The monoisotopic (exact) mass is 222 g/mol. The molecule has 5 heteroatoms. The lowest BCUT2D eigenvalue weighted by molar-refractivity contribution is -0.118. The van der Waals surface area contributed by atoms with E-state index in [4.69, 9.17) is 21.7 Å². The number of thioether (sulfide) groups is 1. The van der Waals surface area contributed by atoms with Gasteiger partial charge in [0.05, 0.1) is 12.2 Å². The van der Waals surface area contributed by atoms with Crippen molar-refractivity contribution < 1.29 is 14.6 Å². The molecule has 0 aliphatic carbocycles. The molecule has 3 atom stereocenters. The summed E-state index contributed by atoms with van der Waals surface area (Å²) in [5, 5.41) is 9.61. The van der Waals surface area contributed by atoms with Crippen LogP contribution < -0.4 is 0 Å². The maximum atomic E-state index is 9.61. The molecule has 1 heterocycles. The van der Waals surface area contributed by atoms with Gasteiger partial charge in [0.2, 0.25) is 4.38 Å². The fourth-order valence-corrected chi connectivity index (χ4v) is 1.60. The third-order valence-corrected chi connectivity index (χ3v) is 3.06. The van der Waals surface area contributed by atoms with Crippen LogP contribution in [0.1, 0.15) is 13.3 Å². The Hall–Kier alpha value is 0.160. The SMILES string of the molecule is CSC(=S)O[C@H]1[C@H](C)OCC[C@@H]1O. The lowest BCUT2D eigenvalue weighted by atomic mass is 10.0. The Labute approximate surface area is 87.8 Å². The van der Waals surface area contributed by atoms with E-state index in [9.17, 15) is 5.11 Å². The molecule has 76 valence electrons. The molecule has 0 bridgehead atoms. The van der Waals surface area contributed by atoms with Crippen LogP contribution in [-0.4, -0.2) is 40.7 Å². The standard InChI is InChI=1S/C8H14O3S2/c1-5-7(11-8(12)13-2)6(9)3-4-10-5/h5-7,9H,3-4H2,1-2H3/t5-,6-,7-/m0/s1. The minimum atomic E-state index is -0.464. The van der Waals surface area contributed by atoms with Crippen molar-refractivity contribution in [1.29, 1.82) is 0 Å². The Balaban J connectivity index is 2.48. The normalized spacial score (nSPS) is 34.2. The van der Waals surface area contributed by atoms with Crippen LogP contribution in [0.2, 0.25) is 0 Å². The third kappa shape index (κ3) is 3.09. The lowest BCUT2D eigenvalue weighted by Crippen LogP contribution is -2.45. The number of ether oxygens (including phenoxy) is 2. The van der Waals surface area contributed by atoms with E-state index in [-0.39, 0.29) is 12.2 Å². The first-order chi connectivity index (χ1) is 6.15. The van der Waals surface area contributed by atoms with Crippen LogP contribution in [0.15, 0.2) is 0 Å². The molecule has 1 aliphatic heterocycles. The van der Waals surface area contributed by atoms with E-state index >= 15 is 0 Å². The molecule has 0 aromatic carbocycles. The van der Waals surface area contributed by atoms with Gasteiger partial charge in [-0.05, 0) is 25.4 Å². The highest BCUT2D eigenvalue weighted by atomic mass is 32.2. The molecular formula is C8H14O3S2. The predicted molar refractivity (Wildman–Crippen MR) is 57.0 cm³/mol. The first kappa shape index (κ1) is 11.2. The molecule has 3 nitrogen and oxygen atoms in total. The molecule has 0 aromatic heterocycles. The molecule has 1 aliphatic rings. The molecule has 0 saturated carbocycles. The molecule has 1 rings (SSSR count). The van der Waals surface area contributed by atoms with Gasteiger partial charge in [0.15, 0.2) is 6.10 Å². The number of rotatable bonds is 1. The van der Waals surface area contributed by atoms with Crippen molar-refractivity contribution in [2.24, 2.45) is 0 Å². The highest BCUT2D eigenvalue weighted by Gasteiger charge is 2.32. The Morgan fingerprint density at radius 1 is 1.69 bits per heavy atom. The summed E-state index contributed by atoms with van der Waals surface area (Å²) < 4.78 is 11.2. The summed E-state index contributed by atoms with van der Waals surface area (Å²) in [4.78, 5) is 0. The van der Waals surface area contributed by atoms with Gasteiger partial charge in [0, 0.05) is 13.0 Å². The fourth-order valence-electron chi connectivity index (χ4n) is 1.28. The van der Waals surface area contributed by atoms with Gasteiger partial charge in [-0.15, -0.1) is 0 Å². The fraction of sp³-hybridized carbons (Fsp3) is 0.875. The molecule has 1 fully saturated rings. The van der Waals surface area contributed by atoms with Gasteiger partial charge in [-0.25, -0.2) is 0 Å². The molecule has 0 unspecified atom stereocenters. The first-order valence-corrected chi connectivity index (χ1v) is 5.82. The van der Waals surface area contributed by atoms with Crippen LogP contribution in [0.5, 0.6) is 0 Å². The van der Waals surface area contributed by atoms with Gasteiger partial charge >= 0.3 is 0 Å². The number of hydrogen-bond donors (Lipinski definition) is 1. The summed E-state index contributed by atoms with van der Waals surface area (Å²) in [6.45, 7) is 2.48. The van der Waals surface area contributed by atoms with Crippen molar-refractivity contribution in [2.45, 2.75) is 31.7 Å². The van der Waals surface area contributed by atoms with E-state index in [1.54, 1.807) is 0 Å². The number of aliphatic hydroxyl groups is 1. The van der Waals surface area contributed by atoms with Gasteiger partial charge in [-0.2, -0.15) is 0 Å². The van der Waals surface area contributed by atoms with Crippen LogP contribution in [0.3, 0.4) is 0 Å². The minimum absolute atomic E-state index is 0.0890. The van der Waals surface area contributed by atoms with Crippen LogP contribution in [0.4, 0.5) is 0 Å². The molecular weight excluding hydrogens is 208 g/mol. The van der Waals surface area contributed by atoms with Crippen molar-refractivity contribution in [3.8, 4) is 0 Å². The average Bonchev–Trinajstić information content (AvgIpc) is 2.11. The third-order valence-electron chi connectivity index (χ3n) is 2.04. The molecule has 1 saturated heterocycles. The van der Waals surface area contributed by atoms with Gasteiger partial charge < -0.3 is 14.6 Å². The van der Waals surface area contributed by atoms with Crippen LogP contribution >= 0.6 is 24.0 Å². The second-order valence-corrected chi connectivity index (χ2v) is 4.38. The molecule has 0 amide bonds. The van der Waals surface area contributed by atoms with Crippen molar-refractivity contribution >= 4 is 28.4 Å². The Morgan fingerprint density at radius 3 is 2.92 bits per heavy atom. The van der Waals surface area contributed by atoms with Crippen LogP contribution in [-0.2, 0) is 9.47 Å². The Morgan fingerprint density at radius 2 is 2.38 bits per heavy atom. The van der Waals surface area contributed by atoms with E-state index in [1.165, 1.54) is 11.8 Å². The predicted octanol–water partition coefficient (Wildman–Crippen LogP) is 1.19. The number of aliphatic hydroxyl groups excluding tert-OH is 1. The molecule has 13 heavy (non-hydrogen) atoms. The molecule has 0 aromatic rings. The maximum Gasteiger partial charge on any atom is 0.220 e. The summed E-state index contributed by atoms with van der Waals surface area (Å²) in [6, 6.07) is 0. The maximum absolute atomic E-state index is 9.61. The van der Waals surface area contributed by atoms with E-state index in [0.717, 1.165) is 0 Å². The molecule has 0 radical (unpaired) electrons. The van der Waals surface area contributed by atoms with E-state index < -0.39 is 6.10 Å². The van der Waals surface area contributed by atoms with E-state index in [0.29, 0.717) is 17.4 Å². The topological polar surface area (TPSA) is 38.7 Å². The van der Waals surface area contributed by atoms with Crippen molar-refractivity contribution in [3.05, 3.63) is 0 Å². The average molecular weight is 222 g/mol. The summed E-state index contributed by atoms with van der Waals surface area (Å²) in [5.41, 5.74) is 0. The zero-order chi connectivity index (χ0) is 9.84. The second-order valence-electron chi connectivity index (χ2n) is 2.97. The van der Waals surface area contributed by atoms with Crippen LogP contribution in [0.25, 0.3) is 0 Å². The summed E-state index contributed by atoms with van der Waals surface area (Å²) in [7, 11) is 0. The minimum Gasteiger partial charge on any atom is -0.470 e. The van der Waals surface area contributed by atoms with Crippen LogP contribution in [0, 0.1) is 0 Å². The highest BCUT2D eigenvalue weighted by Crippen LogP contribution is 2.19. The number of hydrogen-bond acceptors (Lipinski definition) is 5. The highest BCUT2D eigenvalue weighted by molar-refractivity contribution is 8.22. The first-order valence-electron chi connectivity index (χ1n) is 4.19. The van der Waals surface area contributed by atoms with Crippen molar-refractivity contribution in [1.82, 2.24) is 0 Å². The zero-order valence-corrected chi connectivity index (χ0v) is 9.36. The van der Waals surface area contributed by atoms with Gasteiger partial charge in [-0.1, -0.05) is 11.8 Å². The van der Waals surface area contributed by atoms with Crippen molar-refractivity contribution in [3.63, 3.8) is 0 Å². The largest absolute Gasteiger partial charge is 0.470 e. The zero-order valence-electron chi connectivity index (χ0n) is 7.73. The quantitative estimate of drug-likeness (QED) is 0.675. The van der Waals surface area contributed by atoms with Gasteiger partial charge in [-0.3, -0.25) is 0 Å².